The van der Waals surface area contributed by atoms with Crippen molar-refractivity contribution in [1.29, 1.82) is 0 Å². The van der Waals surface area contributed by atoms with Crippen LogP contribution < -0.4 is 10.5 Å². The number of nitrogens with zero attached hydrogens (tertiary/aromatic N) is 1. The predicted octanol–water partition coefficient (Wildman–Crippen LogP) is 1.62. The number of carbonyl (C=O) groups is 1. The lowest BCUT2D eigenvalue weighted by Crippen LogP contribution is -2.35. The fourth-order valence-electron chi connectivity index (χ4n) is 1.74. The molecule has 0 saturated heterocycles. The molecule has 0 aliphatic rings. The smallest absolute Gasteiger partial charge is 0.225 e. The largest absolute Gasteiger partial charge is 0.492 e. The highest BCUT2D eigenvalue weighted by atomic mass is 35.5. The molecule has 0 radical (unpaired) electrons. The zero-order chi connectivity index (χ0) is 15.0. The fourth-order valence-corrected chi connectivity index (χ4v) is 1.74. The van der Waals surface area contributed by atoms with Gasteiger partial charge in [-0.25, -0.2) is 0 Å². The Balaban J connectivity index is 0.00000400. The van der Waals surface area contributed by atoms with Gasteiger partial charge in [0.2, 0.25) is 5.91 Å². The van der Waals surface area contributed by atoms with Gasteiger partial charge in [0.15, 0.2) is 0 Å². The first-order valence-corrected chi connectivity index (χ1v) is 6.73. The summed E-state index contributed by atoms with van der Waals surface area (Å²) in [6.07, 6.45) is 0.0798. The minimum absolute atomic E-state index is 0. The third kappa shape index (κ3) is 7.32. The van der Waals surface area contributed by atoms with E-state index < -0.39 is 0 Å². The Labute approximate surface area is 132 Å². The van der Waals surface area contributed by atoms with Crippen LogP contribution in [0.4, 0.5) is 0 Å². The van der Waals surface area contributed by atoms with Gasteiger partial charge in [-0.15, -0.1) is 12.4 Å². The van der Waals surface area contributed by atoms with Crippen molar-refractivity contribution in [3.63, 3.8) is 0 Å². The van der Waals surface area contributed by atoms with E-state index in [0.717, 1.165) is 11.3 Å². The molecule has 1 atom stereocenters. The molecule has 2 N–H and O–H groups in total. The van der Waals surface area contributed by atoms with Gasteiger partial charge in [0.05, 0.1) is 19.1 Å². The van der Waals surface area contributed by atoms with Crippen molar-refractivity contribution in [3.8, 4) is 5.75 Å². The summed E-state index contributed by atoms with van der Waals surface area (Å²) in [6, 6.07) is 7.84. The first-order chi connectivity index (χ1) is 9.56. The number of amides is 1. The first kappa shape index (κ1) is 19.7. The summed E-state index contributed by atoms with van der Waals surface area (Å²) in [4.78, 5) is 13.5. The second-order valence-corrected chi connectivity index (χ2v) is 4.78. The second kappa shape index (κ2) is 10.4. The number of rotatable bonds is 8. The van der Waals surface area contributed by atoms with Crippen LogP contribution in [0.2, 0.25) is 0 Å². The average molecular weight is 317 g/mol. The highest BCUT2D eigenvalue weighted by Gasteiger charge is 2.15. The molecule has 1 aromatic carbocycles. The number of carbonyl (C=O) groups excluding carboxylic acids is 1. The van der Waals surface area contributed by atoms with Gasteiger partial charge in [0.25, 0.3) is 0 Å². The van der Waals surface area contributed by atoms with Crippen molar-refractivity contribution in [2.24, 2.45) is 5.73 Å². The maximum Gasteiger partial charge on any atom is 0.225 e. The molecule has 5 nitrogen and oxygen atoms in total. The molecule has 0 fully saturated rings. The molecule has 120 valence electrons. The Kier molecular flexibility index (Phi) is 9.78. The normalized spacial score (nSPS) is 11.4. The molecule has 0 aliphatic heterocycles. The van der Waals surface area contributed by atoms with E-state index in [-0.39, 0.29) is 24.4 Å². The number of hydrogen-bond donors (Lipinski definition) is 1. The molecule has 21 heavy (non-hydrogen) atoms. The average Bonchev–Trinajstić information content (AvgIpc) is 2.44. The summed E-state index contributed by atoms with van der Waals surface area (Å²) in [5, 5.41) is 0. The Hall–Kier alpha value is -1.30. The maximum atomic E-state index is 11.9. The van der Waals surface area contributed by atoms with E-state index >= 15 is 0 Å². The molecule has 0 aromatic heterocycles. The van der Waals surface area contributed by atoms with E-state index in [1.807, 2.05) is 31.2 Å². The number of hydrogen-bond acceptors (Lipinski definition) is 4. The summed E-state index contributed by atoms with van der Waals surface area (Å²) >= 11 is 0. The van der Waals surface area contributed by atoms with Crippen LogP contribution in [-0.2, 0) is 9.53 Å². The molecular formula is C15H25ClN2O3. The first-order valence-electron chi connectivity index (χ1n) is 6.73. The van der Waals surface area contributed by atoms with E-state index in [1.165, 1.54) is 0 Å². The molecule has 0 bridgehead atoms. The molecule has 0 aliphatic carbocycles. The van der Waals surface area contributed by atoms with Crippen LogP contribution in [0.15, 0.2) is 24.3 Å². The lowest BCUT2D eigenvalue weighted by molar-refractivity contribution is -0.132. The van der Waals surface area contributed by atoms with Gasteiger partial charge >= 0.3 is 0 Å². The third-order valence-electron chi connectivity index (χ3n) is 3.11. The van der Waals surface area contributed by atoms with Gasteiger partial charge in [0, 0.05) is 20.7 Å². The number of likely N-dealkylation sites (N-methyl/N-ethyl adjacent to an activating group) is 1. The predicted molar refractivity (Wildman–Crippen MR) is 86.0 cm³/mol. The number of aryl methyl sites for hydroxylation is 1. The van der Waals surface area contributed by atoms with Crippen molar-refractivity contribution < 1.29 is 14.3 Å². The van der Waals surface area contributed by atoms with Gasteiger partial charge in [-0.1, -0.05) is 12.1 Å². The van der Waals surface area contributed by atoms with Crippen LogP contribution in [0.25, 0.3) is 0 Å². The number of nitrogens with two attached hydrogens (primary N) is 1. The van der Waals surface area contributed by atoms with Gasteiger partial charge in [-0.05, 0) is 24.6 Å². The monoisotopic (exact) mass is 316 g/mol. The van der Waals surface area contributed by atoms with Crippen molar-refractivity contribution in [2.45, 2.75) is 19.4 Å². The van der Waals surface area contributed by atoms with Gasteiger partial charge < -0.3 is 20.1 Å². The number of halogens is 1. The Morgan fingerprint density at radius 3 is 2.71 bits per heavy atom. The maximum absolute atomic E-state index is 11.9. The fraction of sp³-hybridized carbons (Fsp3) is 0.533. The zero-order valence-corrected chi connectivity index (χ0v) is 13.7. The number of ether oxygens (including phenoxy) is 2. The zero-order valence-electron chi connectivity index (χ0n) is 12.9. The molecule has 6 heteroatoms. The topological polar surface area (TPSA) is 64.8 Å². The molecular weight excluding hydrogens is 292 g/mol. The van der Waals surface area contributed by atoms with Crippen LogP contribution in [-0.4, -0.2) is 50.8 Å². The third-order valence-corrected chi connectivity index (χ3v) is 3.11. The van der Waals surface area contributed by atoms with E-state index in [4.69, 9.17) is 15.2 Å². The second-order valence-electron chi connectivity index (χ2n) is 4.78. The van der Waals surface area contributed by atoms with Crippen LogP contribution in [0, 0.1) is 6.92 Å². The van der Waals surface area contributed by atoms with Crippen LogP contribution in [0.1, 0.15) is 12.0 Å². The summed E-state index contributed by atoms with van der Waals surface area (Å²) in [5.74, 6) is 0.831. The van der Waals surface area contributed by atoms with Crippen molar-refractivity contribution >= 4 is 18.3 Å². The Bertz CT molecular complexity index is 425. The standard InChI is InChI=1S/C15H24N2O3.ClH/c1-12-5-4-6-13(9-12)20-8-7-17(2)15(18)10-14(11-16)19-3;/h4-6,9,14H,7-8,10-11,16H2,1-3H3;1H. The Morgan fingerprint density at radius 1 is 1.43 bits per heavy atom. The van der Waals surface area contributed by atoms with E-state index in [9.17, 15) is 4.79 Å². The lowest BCUT2D eigenvalue weighted by atomic mass is 10.2. The van der Waals surface area contributed by atoms with Crippen molar-refractivity contribution in [2.75, 3.05) is 33.9 Å². The lowest BCUT2D eigenvalue weighted by Gasteiger charge is -2.20. The molecule has 0 saturated carbocycles. The summed E-state index contributed by atoms with van der Waals surface area (Å²) < 4.78 is 10.7. The van der Waals surface area contributed by atoms with Crippen molar-refractivity contribution in [3.05, 3.63) is 29.8 Å². The van der Waals surface area contributed by atoms with Crippen LogP contribution in [0.5, 0.6) is 5.75 Å². The summed E-state index contributed by atoms with van der Waals surface area (Å²) in [7, 11) is 3.32. The van der Waals surface area contributed by atoms with E-state index in [2.05, 4.69) is 0 Å². The summed E-state index contributed by atoms with van der Waals surface area (Å²) in [5.41, 5.74) is 6.65. The van der Waals surface area contributed by atoms with Crippen LogP contribution >= 0.6 is 12.4 Å². The quantitative estimate of drug-likeness (QED) is 0.791. The van der Waals surface area contributed by atoms with E-state index in [1.54, 1.807) is 19.1 Å². The molecule has 1 unspecified atom stereocenters. The van der Waals surface area contributed by atoms with Gasteiger partial charge in [-0.2, -0.15) is 0 Å². The molecule has 1 amide bonds. The van der Waals surface area contributed by atoms with Gasteiger partial charge in [0.1, 0.15) is 12.4 Å². The number of methoxy groups -OCH3 is 1. The SMILES string of the molecule is COC(CN)CC(=O)N(C)CCOc1cccc(C)c1.Cl. The molecule has 0 spiro atoms. The Morgan fingerprint density at radius 2 is 2.14 bits per heavy atom. The minimum atomic E-state index is -0.220. The van der Waals surface area contributed by atoms with E-state index in [0.29, 0.717) is 26.1 Å². The van der Waals surface area contributed by atoms with Crippen LogP contribution in [0.3, 0.4) is 0 Å². The van der Waals surface area contributed by atoms with Crippen molar-refractivity contribution in [1.82, 2.24) is 4.90 Å². The van der Waals surface area contributed by atoms with Gasteiger partial charge in [-0.3, -0.25) is 4.79 Å². The number of benzene rings is 1. The highest BCUT2D eigenvalue weighted by molar-refractivity contribution is 5.85. The molecule has 1 rings (SSSR count). The minimum Gasteiger partial charge on any atom is -0.492 e. The highest BCUT2D eigenvalue weighted by Crippen LogP contribution is 2.12. The molecule has 1 aromatic rings. The molecule has 0 heterocycles. The summed E-state index contributed by atoms with van der Waals surface area (Å²) in [6.45, 7) is 3.36.